The number of aryl methyl sites for hydroxylation is 2. The second kappa shape index (κ2) is 6.38. The summed E-state index contributed by atoms with van der Waals surface area (Å²) in [4.78, 5) is 11.6. The minimum Gasteiger partial charge on any atom is -0.465 e. The van der Waals surface area contributed by atoms with Gasteiger partial charge in [-0.2, -0.15) is 4.31 Å². The maximum Gasteiger partial charge on any atom is 0.342 e. The Balaban J connectivity index is 3.35. The quantitative estimate of drug-likeness (QED) is 0.771. The van der Waals surface area contributed by atoms with Gasteiger partial charge in [0.05, 0.1) is 7.11 Å². The second-order valence-corrected chi connectivity index (χ2v) is 6.32. The summed E-state index contributed by atoms with van der Waals surface area (Å²) in [6.45, 7) is 3.83. The van der Waals surface area contributed by atoms with Crippen molar-refractivity contribution in [3.05, 3.63) is 17.1 Å². The van der Waals surface area contributed by atoms with Crippen LogP contribution in [0.15, 0.2) is 9.31 Å². The molecule has 0 aromatic carbocycles. The highest BCUT2D eigenvalue weighted by molar-refractivity contribution is 7.89. The Kier molecular flexibility index (Phi) is 5.32. The van der Waals surface area contributed by atoms with Crippen LogP contribution in [0.2, 0.25) is 0 Å². The van der Waals surface area contributed by atoms with Crippen molar-refractivity contribution in [2.45, 2.75) is 18.7 Å². The lowest BCUT2D eigenvalue weighted by Gasteiger charge is -2.17. The Morgan fingerprint density at radius 2 is 1.95 bits per heavy atom. The first-order valence-corrected chi connectivity index (χ1v) is 7.50. The van der Waals surface area contributed by atoms with E-state index in [0.29, 0.717) is 6.54 Å². The predicted molar refractivity (Wildman–Crippen MR) is 73.3 cm³/mol. The molecule has 0 amide bonds. The Morgan fingerprint density at radius 1 is 1.35 bits per heavy atom. The Hall–Kier alpha value is -1.38. The van der Waals surface area contributed by atoms with Gasteiger partial charge in [0.2, 0.25) is 10.0 Å². The zero-order chi connectivity index (χ0) is 15.5. The fourth-order valence-corrected chi connectivity index (χ4v) is 3.39. The van der Waals surface area contributed by atoms with Gasteiger partial charge in [-0.15, -0.1) is 0 Å². The Bertz CT molecular complexity index is 591. The molecule has 114 valence electrons. The van der Waals surface area contributed by atoms with Crippen molar-refractivity contribution in [2.75, 3.05) is 34.3 Å². The molecule has 0 unspecified atom stereocenters. The lowest BCUT2D eigenvalue weighted by atomic mass is 10.2. The van der Waals surface area contributed by atoms with Gasteiger partial charge in [-0.05, 0) is 20.9 Å². The van der Waals surface area contributed by atoms with Crippen molar-refractivity contribution in [3.8, 4) is 0 Å². The summed E-state index contributed by atoms with van der Waals surface area (Å²) in [7, 11) is 0.575. The lowest BCUT2D eigenvalue weighted by molar-refractivity contribution is 0.0594. The minimum absolute atomic E-state index is 0.0405. The Morgan fingerprint density at radius 3 is 2.45 bits per heavy atom. The number of hydrogen-bond acceptors (Lipinski definition) is 6. The molecular weight excluding hydrogens is 284 g/mol. The molecule has 0 atom stereocenters. The SMILES string of the molecule is CNCCN(C)S(=O)(=O)c1c(C)oc(C)c1C(=O)OC. The van der Waals surface area contributed by atoms with E-state index in [-0.39, 0.29) is 28.5 Å². The number of sulfonamides is 1. The number of carbonyl (C=O) groups excluding carboxylic acids is 1. The molecule has 0 aliphatic rings. The zero-order valence-corrected chi connectivity index (χ0v) is 13.1. The first kappa shape index (κ1) is 16.7. The number of esters is 1. The van der Waals surface area contributed by atoms with E-state index in [9.17, 15) is 13.2 Å². The number of nitrogens with zero attached hydrogens (tertiary/aromatic N) is 1. The van der Waals surface area contributed by atoms with Gasteiger partial charge in [0.1, 0.15) is 22.0 Å². The van der Waals surface area contributed by atoms with Crippen molar-refractivity contribution in [1.29, 1.82) is 0 Å². The monoisotopic (exact) mass is 304 g/mol. The summed E-state index contributed by atoms with van der Waals surface area (Å²) in [6, 6.07) is 0. The average Bonchev–Trinajstić information content (AvgIpc) is 2.70. The van der Waals surface area contributed by atoms with Crippen LogP contribution >= 0.6 is 0 Å². The van der Waals surface area contributed by atoms with Crippen molar-refractivity contribution in [2.24, 2.45) is 0 Å². The molecule has 0 bridgehead atoms. The molecule has 1 N–H and O–H groups in total. The van der Waals surface area contributed by atoms with Gasteiger partial charge in [-0.1, -0.05) is 0 Å². The summed E-state index contributed by atoms with van der Waals surface area (Å²) in [5.41, 5.74) is -0.0405. The van der Waals surface area contributed by atoms with Gasteiger partial charge in [-0.3, -0.25) is 0 Å². The number of methoxy groups -OCH3 is 1. The van der Waals surface area contributed by atoms with E-state index in [1.165, 1.54) is 32.3 Å². The predicted octanol–water partition coefficient (Wildman–Crippen LogP) is 0.523. The fourth-order valence-electron chi connectivity index (χ4n) is 1.86. The highest BCUT2D eigenvalue weighted by Crippen LogP contribution is 2.29. The number of carbonyl (C=O) groups is 1. The maximum absolute atomic E-state index is 12.5. The summed E-state index contributed by atoms with van der Waals surface area (Å²) >= 11 is 0. The standard InChI is InChI=1S/C12H20N2O5S/c1-8-10(12(15)18-5)11(9(2)19-8)20(16,17)14(4)7-6-13-3/h13H,6-7H2,1-5H3. The van der Waals surface area contributed by atoms with Crippen LogP contribution in [0.1, 0.15) is 21.9 Å². The van der Waals surface area contributed by atoms with Crippen molar-refractivity contribution >= 4 is 16.0 Å². The highest BCUT2D eigenvalue weighted by atomic mass is 32.2. The highest BCUT2D eigenvalue weighted by Gasteiger charge is 2.33. The molecule has 0 aliphatic carbocycles. The van der Waals surface area contributed by atoms with Crippen LogP contribution in [0.3, 0.4) is 0 Å². The molecular formula is C12H20N2O5S. The molecule has 1 aromatic heterocycles. The molecule has 8 heteroatoms. The third-order valence-corrected chi connectivity index (χ3v) is 4.95. The van der Waals surface area contributed by atoms with Crippen LogP contribution in [-0.2, 0) is 14.8 Å². The van der Waals surface area contributed by atoms with Gasteiger partial charge in [0.15, 0.2) is 0 Å². The van der Waals surface area contributed by atoms with E-state index >= 15 is 0 Å². The summed E-state index contributed by atoms with van der Waals surface area (Å²) in [5.74, 6) is -0.311. The molecule has 0 saturated carbocycles. The summed E-state index contributed by atoms with van der Waals surface area (Å²) < 4.78 is 36.2. The van der Waals surface area contributed by atoms with Gasteiger partial charge < -0.3 is 14.5 Å². The van der Waals surface area contributed by atoms with Crippen molar-refractivity contribution in [3.63, 3.8) is 0 Å². The first-order valence-electron chi connectivity index (χ1n) is 6.06. The molecule has 0 radical (unpaired) electrons. The topological polar surface area (TPSA) is 88.9 Å². The third-order valence-electron chi connectivity index (χ3n) is 2.94. The first-order chi connectivity index (χ1) is 9.27. The van der Waals surface area contributed by atoms with E-state index in [1.54, 1.807) is 7.05 Å². The van der Waals surface area contributed by atoms with Gasteiger partial charge in [-0.25, -0.2) is 13.2 Å². The Labute approximate surface area is 118 Å². The van der Waals surface area contributed by atoms with E-state index < -0.39 is 16.0 Å². The third kappa shape index (κ3) is 3.02. The van der Waals surface area contributed by atoms with Gasteiger partial charge in [0.25, 0.3) is 0 Å². The summed E-state index contributed by atoms with van der Waals surface area (Å²) in [6.07, 6.45) is 0. The van der Waals surface area contributed by atoms with E-state index in [1.807, 2.05) is 0 Å². The van der Waals surface area contributed by atoms with Crippen LogP contribution in [0, 0.1) is 13.8 Å². The molecule has 0 saturated heterocycles. The van der Waals surface area contributed by atoms with Crippen LogP contribution in [-0.4, -0.2) is 53.0 Å². The molecule has 20 heavy (non-hydrogen) atoms. The lowest BCUT2D eigenvalue weighted by Crippen LogP contribution is -2.33. The number of hydrogen-bond donors (Lipinski definition) is 1. The van der Waals surface area contributed by atoms with E-state index in [2.05, 4.69) is 10.1 Å². The van der Waals surface area contributed by atoms with Crippen molar-refractivity contribution in [1.82, 2.24) is 9.62 Å². The van der Waals surface area contributed by atoms with Crippen molar-refractivity contribution < 1.29 is 22.4 Å². The molecule has 0 spiro atoms. The molecule has 1 rings (SSSR count). The summed E-state index contributed by atoms with van der Waals surface area (Å²) in [5, 5.41) is 2.87. The van der Waals surface area contributed by atoms with Crippen LogP contribution in [0.4, 0.5) is 0 Å². The number of likely N-dealkylation sites (N-methyl/N-ethyl adjacent to an activating group) is 2. The largest absolute Gasteiger partial charge is 0.465 e. The maximum atomic E-state index is 12.5. The molecule has 0 aliphatic heterocycles. The van der Waals surface area contributed by atoms with Gasteiger partial charge >= 0.3 is 5.97 Å². The number of rotatable bonds is 6. The van der Waals surface area contributed by atoms with Gasteiger partial charge in [0, 0.05) is 20.1 Å². The number of nitrogens with one attached hydrogen (secondary N) is 1. The number of furan rings is 1. The fraction of sp³-hybridized carbons (Fsp3) is 0.583. The smallest absolute Gasteiger partial charge is 0.342 e. The second-order valence-electron chi connectivity index (χ2n) is 4.34. The van der Waals surface area contributed by atoms with E-state index in [0.717, 1.165) is 0 Å². The minimum atomic E-state index is -3.81. The number of ether oxygens (including phenoxy) is 1. The molecule has 0 fully saturated rings. The van der Waals surface area contributed by atoms with E-state index in [4.69, 9.17) is 4.42 Å². The zero-order valence-electron chi connectivity index (χ0n) is 12.3. The van der Waals surface area contributed by atoms with Crippen LogP contribution < -0.4 is 5.32 Å². The van der Waals surface area contributed by atoms with Crippen LogP contribution in [0.5, 0.6) is 0 Å². The molecule has 1 heterocycles. The molecule has 1 aromatic rings. The molecule has 7 nitrogen and oxygen atoms in total. The average molecular weight is 304 g/mol. The van der Waals surface area contributed by atoms with Crippen LogP contribution in [0.25, 0.3) is 0 Å². The normalized spacial score (nSPS) is 11.9.